The summed E-state index contributed by atoms with van der Waals surface area (Å²) < 4.78 is 23.1. The van der Waals surface area contributed by atoms with Crippen LogP contribution < -0.4 is 9.64 Å². The number of halogens is 1. The Kier molecular flexibility index (Phi) is 6.34. The molecule has 27 heavy (non-hydrogen) atoms. The van der Waals surface area contributed by atoms with Crippen LogP contribution in [0.4, 0.5) is 10.1 Å². The molecular formula is C20H20FNO4S. The highest BCUT2D eigenvalue weighted by molar-refractivity contribution is 8.00. The molecule has 0 saturated carbocycles. The molecule has 0 aromatic heterocycles. The summed E-state index contributed by atoms with van der Waals surface area (Å²) in [6, 6.07) is 13.0. The predicted octanol–water partition coefficient (Wildman–Crippen LogP) is 3.67. The summed E-state index contributed by atoms with van der Waals surface area (Å²) in [5, 5.41) is 0.399. The molecule has 1 heterocycles. The summed E-state index contributed by atoms with van der Waals surface area (Å²) in [6.45, 7) is 2.01. The molecule has 0 bridgehead atoms. The van der Waals surface area contributed by atoms with Crippen LogP contribution in [0.2, 0.25) is 0 Å². The van der Waals surface area contributed by atoms with Crippen molar-refractivity contribution in [3.63, 3.8) is 0 Å². The number of benzene rings is 2. The molecule has 0 saturated heterocycles. The van der Waals surface area contributed by atoms with Gasteiger partial charge in [0.2, 0.25) is 0 Å². The molecule has 1 amide bonds. The van der Waals surface area contributed by atoms with Crippen molar-refractivity contribution in [3.05, 3.63) is 54.3 Å². The Hall–Kier alpha value is -2.54. The first kappa shape index (κ1) is 19.2. The van der Waals surface area contributed by atoms with Gasteiger partial charge in [-0.1, -0.05) is 19.1 Å². The molecule has 0 radical (unpaired) electrons. The third-order valence-corrected chi connectivity index (χ3v) is 5.31. The van der Waals surface area contributed by atoms with Gasteiger partial charge in [-0.2, -0.15) is 0 Å². The Morgan fingerprint density at radius 2 is 1.89 bits per heavy atom. The van der Waals surface area contributed by atoms with Crippen molar-refractivity contribution >= 4 is 29.3 Å². The SMILES string of the molecule is C[C@@H]1CCN(C(=O)COC(=O)COc2ccc(F)cc2)c2ccccc2S1. The number of para-hydroxylation sites is 1. The number of carbonyl (C=O) groups excluding carboxylic acids is 2. The van der Waals surface area contributed by atoms with E-state index in [0.717, 1.165) is 17.0 Å². The smallest absolute Gasteiger partial charge is 0.344 e. The quantitative estimate of drug-likeness (QED) is 0.731. The lowest BCUT2D eigenvalue weighted by Crippen LogP contribution is -2.36. The molecular weight excluding hydrogens is 369 g/mol. The van der Waals surface area contributed by atoms with Gasteiger partial charge < -0.3 is 14.4 Å². The minimum Gasteiger partial charge on any atom is -0.482 e. The molecule has 0 fully saturated rings. The van der Waals surface area contributed by atoms with Crippen molar-refractivity contribution in [1.29, 1.82) is 0 Å². The molecule has 5 nitrogen and oxygen atoms in total. The number of hydrogen-bond acceptors (Lipinski definition) is 5. The summed E-state index contributed by atoms with van der Waals surface area (Å²) in [5.74, 6) is -0.960. The third kappa shape index (κ3) is 5.23. The first-order valence-electron chi connectivity index (χ1n) is 8.63. The maximum absolute atomic E-state index is 12.8. The highest BCUT2D eigenvalue weighted by Crippen LogP contribution is 2.37. The number of carbonyl (C=O) groups is 2. The van der Waals surface area contributed by atoms with Crippen LogP contribution >= 0.6 is 11.8 Å². The summed E-state index contributed by atoms with van der Waals surface area (Å²) in [6.07, 6.45) is 0.854. The average Bonchev–Trinajstić information content (AvgIpc) is 2.84. The van der Waals surface area contributed by atoms with Crippen LogP contribution in [0.25, 0.3) is 0 Å². The number of ether oxygens (including phenoxy) is 2. The van der Waals surface area contributed by atoms with E-state index in [1.165, 1.54) is 24.3 Å². The lowest BCUT2D eigenvalue weighted by molar-refractivity contribution is -0.149. The van der Waals surface area contributed by atoms with Gasteiger partial charge in [0, 0.05) is 16.7 Å². The number of amides is 1. The Morgan fingerprint density at radius 1 is 1.15 bits per heavy atom. The van der Waals surface area contributed by atoms with E-state index in [1.807, 2.05) is 24.3 Å². The van der Waals surface area contributed by atoms with E-state index in [9.17, 15) is 14.0 Å². The zero-order valence-electron chi connectivity index (χ0n) is 14.9. The van der Waals surface area contributed by atoms with Crippen LogP contribution in [-0.2, 0) is 14.3 Å². The van der Waals surface area contributed by atoms with E-state index in [0.29, 0.717) is 17.5 Å². The number of rotatable bonds is 5. The minimum atomic E-state index is -0.654. The molecule has 3 rings (SSSR count). The van der Waals surface area contributed by atoms with Gasteiger partial charge in [-0.05, 0) is 42.8 Å². The van der Waals surface area contributed by atoms with E-state index in [4.69, 9.17) is 9.47 Å². The summed E-state index contributed by atoms with van der Waals surface area (Å²) in [4.78, 5) is 27.1. The van der Waals surface area contributed by atoms with Gasteiger partial charge in [-0.25, -0.2) is 9.18 Å². The molecule has 142 valence electrons. The first-order valence-corrected chi connectivity index (χ1v) is 9.51. The number of nitrogens with zero attached hydrogens (tertiary/aromatic N) is 1. The molecule has 2 aromatic carbocycles. The van der Waals surface area contributed by atoms with Crippen LogP contribution in [0.3, 0.4) is 0 Å². The standard InChI is InChI=1S/C20H20FNO4S/c1-14-10-11-22(17-4-2-3-5-18(17)27-14)19(23)12-26-20(24)13-25-16-8-6-15(21)7-9-16/h2-9,14H,10-13H2,1H3/t14-/m1/s1. The van der Waals surface area contributed by atoms with Crippen LogP contribution in [0.1, 0.15) is 13.3 Å². The van der Waals surface area contributed by atoms with Gasteiger partial charge in [0.1, 0.15) is 11.6 Å². The first-order chi connectivity index (χ1) is 13.0. The second kappa shape index (κ2) is 8.90. The van der Waals surface area contributed by atoms with Gasteiger partial charge >= 0.3 is 5.97 Å². The zero-order chi connectivity index (χ0) is 19.2. The molecule has 0 unspecified atom stereocenters. The molecule has 1 aliphatic rings. The van der Waals surface area contributed by atoms with E-state index in [-0.39, 0.29) is 24.9 Å². The van der Waals surface area contributed by atoms with Crippen molar-refractivity contribution in [2.45, 2.75) is 23.5 Å². The van der Waals surface area contributed by atoms with E-state index < -0.39 is 5.97 Å². The molecule has 1 aliphatic heterocycles. The fraction of sp³-hybridized carbons (Fsp3) is 0.300. The summed E-state index contributed by atoms with van der Waals surface area (Å²) in [7, 11) is 0. The Bertz CT molecular complexity index is 812. The van der Waals surface area contributed by atoms with Crippen molar-refractivity contribution in [2.24, 2.45) is 0 Å². The zero-order valence-corrected chi connectivity index (χ0v) is 15.7. The second-order valence-electron chi connectivity index (χ2n) is 6.13. The topological polar surface area (TPSA) is 55.8 Å². The fourth-order valence-electron chi connectivity index (χ4n) is 2.68. The molecule has 0 spiro atoms. The van der Waals surface area contributed by atoms with Gasteiger partial charge in [-0.15, -0.1) is 11.8 Å². The van der Waals surface area contributed by atoms with Gasteiger partial charge in [0.05, 0.1) is 5.69 Å². The lowest BCUT2D eigenvalue weighted by atomic mass is 10.2. The predicted molar refractivity (Wildman–Crippen MR) is 102 cm³/mol. The van der Waals surface area contributed by atoms with Crippen molar-refractivity contribution in [1.82, 2.24) is 0 Å². The maximum Gasteiger partial charge on any atom is 0.344 e. The van der Waals surface area contributed by atoms with E-state index in [1.54, 1.807) is 16.7 Å². The monoisotopic (exact) mass is 389 g/mol. The van der Waals surface area contributed by atoms with Crippen LogP contribution in [0, 0.1) is 5.82 Å². The molecule has 0 N–H and O–H groups in total. The molecule has 1 atom stereocenters. The van der Waals surface area contributed by atoms with Crippen LogP contribution in [-0.4, -0.2) is 36.9 Å². The lowest BCUT2D eigenvalue weighted by Gasteiger charge is -2.22. The van der Waals surface area contributed by atoms with Crippen molar-refractivity contribution < 1.29 is 23.5 Å². The number of hydrogen-bond donors (Lipinski definition) is 0. The number of anilines is 1. The van der Waals surface area contributed by atoms with E-state index in [2.05, 4.69) is 6.92 Å². The summed E-state index contributed by atoms with van der Waals surface area (Å²) in [5.41, 5.74) is 0.843. The minimum absolute atomic E-state index is 0.271. The van der Waals surface area contributed by atoms with Gasteiger partial charge in [-0.3, -0.25) is 4.79 Å². The Morgan fingerprint density at radius 3 is 2.67 bits per heavy atom. The summed E-state index contributed by atoms with van der Waals surface area (Å²) >= 11 is 1.74. The van der Waals surface area contributed by atoms with E-state index >= 15 is 0 Å². The van der Waals surface area contributed by atoms with Crippen molar-refractivity contribution in [2.75, 3.05) is 24.7 Å². The molecule has 0 aliphatic carbocycles. The fourth-order valence-corrected chi connectivity index (χ4v) is 3.79. The number of esters is 1. The number of thioether (sulfide) groups is 1. The average molecular weight is 389 g/mol. The number of fused-ring (bicyclic) bond motifs is 1. The Labute approximate surface area is 161 Å². The van der Waals surface area contributed by atoms with Crippen LogP contribution in [0.15, 0.2) is 53.4 Å². The van der Waals surface area contributed by atoms with Gasteiger partial charge in [0.25, 0.3) is 5.91 Å². The van der Waals surface area contributed by atoms with Gasteiger partial charge in [0.15, 0.2) is 13.2 Å². The second-order valence-corrected chi connectivity index (χ2v) is 7.61. The van der Waals surface area contributed by atoms with Crippen LogP contribution in [0.5, 0.6) is 5.75 Å². The largest absolute Gasteiger partial charge is 0.482 e. The highest BCUT2D eigenvalue weighted by Gasteiger charge is 2.24. The third-order valence-electron chi connectivity index (χ3n) is 4.07. The Balaban J connectivity index is 1.54. The van der Waals surface area contributed by atoms with Crippen molar-refractivity contribution in [3.8, 4) is 5.75 Å². The maximum atomic E-state index is 12.8. The normalized spacial score (nSPS) is 16.2. The molecule has 7 heteroatoms. The molecule has 2 aromatic rings. The highest BCUT2D eigenvalue weighted by atomic mass is 32.2.